The van der Waals surface area contributed by atoms with Gasteiger partial charge in [0.05, 0.1) is 0 Å². The van der Waals surface area contributed by atoms with Crippen molar-refractivity contribution >= 4 is 24.8 Å². The monoisotopic (exact) mass is 320 g/mol. The first-order valence-corrected chi connectivity index (χ1v) is 6.96. The maximum absolute atomic E-state index is 9.42. The van der Waals surface area contributed by atoms with Gasteiger partial charge in [-0.05, 0) is 23.6 Å². The molecule has 0 aliphatic carbocycles. The number of piperazine rings is 1. The van der Waals surface area contributed by atoms with Crippen molar-refractivity contribution < 1.29 is 5.11 Å². The molecule has 20 heavy (non-hydrogen) atoms. The second kappa shape index (κ2) is 9.46. The molecule has 2 atom stereocenters. The topological polar surface area (TPSA) is 35.5 Å². The van der Waals surface area contributed by atoms with E-state index in [1.165, 1.54) is 12.0 Å². The molecule has 1 saturated heterocycles. The number of nitrogens with one attached hydrogen (secondary N) is 1. The van der Waals surface area contributed by atoms with Crippen LogP contribution in [0.15, 0.2) is 24.3 Å². The van der Waals surface area contributed by atoms with Gasteiger partial charge in [0.2, 0.25) is 0 Å². The van der Waals surface area contributed by atoms with Crippen molar-refractivity contribution in [3.63, 3.8) is 0 Å². The number of rotatable bonds is 4. The molecule has 0 spiro atoms. The zero-order chi connectivity index (χ0) is 13.0. The van der Waals surface area contributed by atoms with Crippen molar-refractivity contribution in [3.05, 3.63) is 29.8 Å². The summed E-state index contributed by atoms with van der Waals surface area (Å²) < 4.78 is 0. The summed E-state index contributed by atoms with van der Waals surface area (Å²) >= 11 is 0. The Labute approximate surface area is 134 Å². The molecule has 0 saturated carbocycles. The van der Waals surface area contributed by atoms with Crippen LogP contribution in [0.25, 0.3) is 0 Å². The molecule has 1 aliphatic rings. The summed E-state index contributed by atoms with van der Waals surface area (Å²) in [6.45, 7) is 8.93. The minimum atomic E-state index is 0. The molecule has 1 heterocycles. The lowest BCUT2D eigenvalue weighted by molar-refractivity contribution is 0.128. The lowest BCUT2D eigenvalue weighted by Gasteiger charge is -2.38. The molecule has 2 N–H and O–H groups in total. The minimum Gasteiger partial charge on any atom is -0.508 e. The molecule has 0 radical (unpaired) electrons. The van der Waals surface area contributed by atoms with Crippen LogP contribution in [0.5, 0.6) is 5.75 Å². The quantitative estimate of drug-likeness (QED) is 0.894. The zero-order valence-corrected chi connectivity index (χ0v) is 13.8. The number of phenolic OH excluding ortho intramolecular Hbond substituents is 1. The Bertz CT molecular complexity index is 367. The first-order chi connectivity index (χ1) is 8.72. The van der Waals surface area contributed by atoms with Crippen LogP contribution in [0.2, 0.25) is 0 Å². The van der Waals surface area contributed by atoms with Crippen LogP contribution in [0.1, 0.15) is 31.9 Å². The number of nitrogens with zero attached hydrogens (tertiary/aromatic N) is 1. The van der Waals surface area contributed by atoms with E-state index in [1.54, 1.807) is 12.1 Å². The second-order valence-corrected chi connectivity index (χ2v) is 5.21. The molecular weight excluding hydrogens is 295 g/mol. The van der Waals surface area contributed by atoms with Gasteiger partial charge in [-0.15, -0.1) is 24.8 Å². The molecule has 1 aromatic carbocycles. The molecule has 0 bridgehead atoms. The number of hydrogen-bond acceptors (Lipinski definition) is 3. The summed E-state index contributed by atoms with van der Waals surface area (Å²) in [7, 11) is 0. The fourth-order valence-electron chi connectivity index (χ4n) is 2.75. The molecule has 1 unspecified atom stereocenters. The summed E-state index contributed by atoms with van der Waals surface area (Å²) in [4.78, 5) is 2.57. The van der Waals surface area contributed by atoms with E-state index in [9.17, 15) is 5.11 Å². The molecule has 116 valence electrons. The Morgan fingerprint density at radius 1 is 1.15 bits per heavy atom. The molecular formula is C15H26Cl2N2O. The summed E-state index contributed by atoms with van der Waals surface area (Å²) in [5, 5.41) is 12.8. The van der Waals surface area contributed by atoms with Gasteiger partial charge in [-0.2, -0.15) is 0 Å². The lowest BCUT2D eigenvalue weighted by Crippen LogP contribution is -2.46. The Morgan fingerprint density at radius 3 is 2.20 bits per heavy atom. The van der Waals surface area contributed by atoms with Gasteiger partial charge in [0, 0.05) is 32.2 Å². The molecule has 2 rings (SSSR count). The van der Waals surface area contributed by atoms with Gasteiger partial charge >= 0.3 is 0 Å². The van der Waals surface area contributed by atoms with Crippen LogP contribution in [-0.2, 0) is 0 Å². The maximum atomic E-state index is 9.42. The molecule has 1 fully saturated rings. The average molecular weight is 321 g/mol. The van der Waals surface area contributed by atoms with Gasteiger partial charge in [0.25, 0.3) is 0 Å². The standard InChI is InChI=1S/C15H24N2O.2ClH/c1-3-12(2)15(17-10-8-16-9-11-17)13-4-6-14(18)7-5-13;;/h4-7,12,15-16,18H,3,8-11H2,1-2H3;2*1H/t12?,15-;;/m1../s1. The summed E-state index contributed by atoms with van der Waals surface area (Å²) in [6.07, 6.45) is 1.18. The van der Waals surface area contributed by atoms with E-state index in [-0.39, 0.29) is 24.8 Å². The van der Waals surface area contributed by atoms with Crippen LogP contribution in [-0.4, -0.2) is 36.2 Å². The highest BCUT2D eigenvalue weighted by Gasteiger charge is 2.26. The predicted molar refractivity (Wildman–Crippen MR) is 89.2 cm³/mol. The Hall–Kier alpha value is -0.480. The number of benzene rings is 1. The smallest absolute Gasteiger partial charge is 0.115 e. The maximum Gasteiger partial charge on any atom is 0.115 e. The normalized spacial score (nSPS) is 18.5. The van der Waals surface area contributed by atoms with E-state index in [2.05, 4.69) is 36.2 Å². The highest BCUT2D eigenvalue weighted by Crippen LogP contribution is 2.31. The predicted octanol–water partition coefficient (Wildman–Crippen LogP) is 3.23. The van der Waals surface area contributed by atoms with E-state index in [4.69, 9.17) is 0 Å². The number of phenols is 1. The molecule has 1 aliphatic heterocycles. The van der Waals surface area contributed by atoms with Crippen molar-refractivity contribution in [2.75, 3.05) is 26.2 Å². The molecule has 5 heteroatoms. The Kier molecular flexibility index (Phi) is 9.23. The minimum absolute atomic E-state index is 0. The van der Waals surface area contributed by atoms with E-state index >= 15 is 0 Å². The van der Waals surface area contributed by atoms with Crippen molar-refractivity contribution in [1.29, 1.82) is 0 Å². The van der Waals surface area contributed by atoms with Crippen LogP contribution in [0.4, 0.5) is 0 Å². The van der Waals surface area contributed by atoms with E-state index in [0.29, 0.717) is 17.7 Å². The van der Waals surface area contributed by atoms with Gasteiger partial charge in [0.15, 0.2) is 0 Å². The first-order valence-electron chi connectivity index (χ1n) is 6.96. The molecule has 0 aromatic heterocycles. The van der Waals surface area contributed by atoms with Crippen molar-refractivity contribution in [2.24, 2.45) is 5.92 Å². The van der Waals surface area contributed by atoms with Gasteiger partial charge < -0.3 is 10.4 Å². The SMILES string of the molecule is CCC(C)[C@H](c1ccc(O)cc1)N1CCNCC1.Cl.Cl. The van der Waals surface area contributed by atoms with Crippen LogP contribution < -0.4 is 5.32 Å². The van der Waals surface area contributed by atoms with Crippen molar-refractivity contribution in [2.45, 2.75) is 26.3 Å². The Morgan fingerprint density at radius 2 is 1.70 bits per heavy atom. The first kappa shape index (κ1) is 19.5. The fraction of sp³-hybridized carbons (Fsp3) is 0.600. The van der Waals surface area contributed by atoms with Gasteiger partial charge in [0.1, 0.15) is 5.75 Å². The second-order valence-electron chi connectivity index (χ2n) is 5.21. The number of hydrogen-bond donors (Lipinski definition) is 2. The largest absolute Gasteiger partial charge is 0.508 e. The van der Waals surface area contributed by atoms with Crippen molar-refractivity contribution in [1.82, 2.24) is 10.2 Å². The fourth-order valence-corrected chi connectivity index (χ4v) is 2.75. The molecule has 3 nitrogen and oxygen atoms in total. The summed E-state index contributed by atoms with van der Waals surface area (Å²) in [5.41, 5.74) is 1.32. The highest BCUT2D eigenvalue weighted by atomic mass is 35.5. The Balaban J connectivity index is 0.00000180. The van der Waals surface area contributed by atoms with Gasteiger partial charge in [-0.3, -0.25) is 4.90 Å². The summed E-state index contributed by atoms with van der Waals surface area (Å²) in [5.74, 6) is 0.981. The van der Waals surface area contributed by atoms with E-state index in [0.717, 1.165) is 26.2 Å². The van der Waals surface area contributed by atoms with Crippen molar-refractivity contribution in [3.8, 4) is 5.75 Å². The van der Waals surface area contributed by atoms with E-state index in [1.807, 2.05) is 0 Å². The van der Waals surface area contributed by atoms with Crippen LogP contribution >= 0.6 is 24.8 Å². The molecule has 1 aromatic rings. The average Bonchev–Trinajstić information content (AvgIpc) is 2.42. The van der Waals surface area contributed by atoms with Crippen LogP contribution in [0, 0.1) is 5.92 Å². The highest BCUT2D eigenvalue weighted by molar-refractivity contribution is 5.85. The van der Waals surface area contributed by atoms with E-state index < -0.39 is 0 Å². The van der Waals surface area contributed by atoms with Gasteiger partial charge in [-0.1, -0.05) is 32.4 Å². The van der Waals surface area contributed by atoms with Crippen LogP contribution in [0.3, 0.4) is 0 Å². The molecule has 0 amide bonds. The summed E-state index contributed by atoms with van der Waals surface area (Å²) in [6, 6.07) is 8.19. The lowest BCUT2D eigenvalue weighted by atomic mass is 9.90. The number of aromatic hydroxyl groups is 1. The number of halogens is 2. The zero-order valence-electron chi connectivity index (χ0n) is 12.2. The van der Waals surface area contributed by atoms with Gasteiger partial charge in [-0.25, -0.2) is 0 Å². The third kappa shape index (κ3) is 4.81. The third-order valence-corrected chi connectivity index (χ3v) is 3.96. The third-order valence-electron chi connectivity index (χ3n) is 3.96.